The summed E-state index contributed by atoms with van der Waals surface area (Å²) in [6.45, 7) is 6.55. The van der Waals surface area contributed by atoms with E-state index in [2.05, 4.69) is 68.1 Å². The Bertz CT molecular complexity index is 2610. The van der Waals surface area contributed by atoms with E-state index in [0.29, 0.717) is 28.2 Å². The van der Waals surface area contributed by atoms with Gasteiger partial charge in [-0.2, -0.15) is 18.2 Å². The Balaban J connectivity index is 0.00000406. The van der Waals surface area contributed by atoms with Gasteiger partial charge in [-0.25, -0.2) is 4.98 Å². The van der Waals surface area contributed by atoms with E-state index in [1.165, 1.54) is 10.1 Å². The second-order valence-corrected chi connectivity index (χ2v) is 11.8. The summed E-state index contributed by atoms with van der Waals surface area (Å²) in [6, 6.07) is 34.2. The van der Waals surface area contributed by atoms with Crippen molar-refractivity contribution in [1.82, 2.24) is 14.1 Å². The first-order valence-electron chi connectivity index (χ1n) is 17.2. The smallest absolute Gasteiger partial charge is 0.268 e. The van der Waals surface area contributed by atoms with Gasteiger partial charge in [-0.3, -0.25) is 4.57 Å². The molecule has 3 aromatic heterocycles. The van der Waals surface area contributed by atoms with Crippen molar-refractivity contribution in [2.45, 2.75) is 26.2 Å². The van der Waals surface area contributed by atoms with E-state index in [9.17, 15) is 0 Å². The van der Waals surface area contributed by atoms with E-state index in [-0.39, 0.29) is 44.3 Å². The molecule has 0 aliphatic carbocycles. The molecule has 8 rings (SSSR count). The molecule has 0 atom stereocenters. The van der Waals surface area contributed by atoms with Crippen molar-refractivity contribution in [3.8, 4) is 28.7 Å². The maximum Gasteiger partial charge on any atom is 0.268 e. The molecule has 8 aromatic rings. The standard InChI is InChI=1S/C40H30N4O.Pt/c1-40(2,3)28-22-23-41-39(24-28)44-35-17-8-7-16-33(35)34-21-20-32(26-38(34)44)45-31-15-11-14-30(25-31)43-27-42(29-12-5-4-6-13-29)36-18-9-10-19-37(36)43;/h4-24H,1-3H3;/q-2;/i4D,5D,6D,12D,13D;. The molecule has 0 spiro atoms. The van der Waals surface area contributed by atoms with Gasteiger partial charge >= 0.3 is 0 Å². The molecule has 46 heavy (non-hydrogen) atoms. The number of benzene rings is 5. The van der Waals surface area contributed by atoms with Gasteiger partial charge in [0.15, 0.2) is 0 Å². The van der Waals surface area contributed by atoms with Gasteiger partial charge in [0.05, 0.1) is 23.6 Å². The zero-order valence-corrected chi connectivity index (χ0v) is 27.5. The molecule has 0 aliphatic heterocycles. The van der Waals surface area contributed by atoms with Crippen LogP contribution in [0.25, 0.3) is 50.0 Å². The summed E-state index contributed by atoms with van der Waals surface area (Å²) in [5.74, 6) is 1.74. The number of hydrogen-bond donors (Lipinski definition) is 0. The number of rotatable bonds is 5. The Morgan fingerprint density at radius 1 is 0.783 bits per heavy atom. The van der Waals surface area contributed by atoms with Crippen molar-refractivity contribution in [2.24, 2.45) is 0 Å². The third-order valence-electron chi connectivity index (χ3n) is 7.89. The fraction of sp³-hybridized carbons (Fsp3) is 0.100. The summed E-state index contributed by atoms with van der Waals surface area (Å²) < 4.78 is 53.3. The van der Waals surface area contributed by atoms with Crippen LogP contribution in [0.4, 0.5) is 0 Å². The van der Waals surface area contributed by atoms with Crippen molar-refractivity contribution in [3.05, 3.63) is 151 Å². The minimum absolute atomic E-state index is 0. The molecule has 0 unspecified atom stereocenters. The maximum atomic E-state index is 8.56. The van der Waals surface area contributed by atoms with Crippen LogP contribution in [0.2, 0.25) is 0 Å². The third kappa shape index (κ3) is 5.21. The summed E-state index contributed by atoms with van der Waals surface area (Å²) in [6.07, 6.45) is 5.06. The van der Waals surface area contributed by atoms with Crippen LogP contribution < -0.4 is 9.30 Å². The molecule has 5 nitrogen and oxygen atoms in total. The van der Waals surface area contributed by atoms with E-state index in [1.54, 1.807) is 10.6 Å². The van der Waals surface area contributed by atoms with Crippen LogP contribution in [0, 0.1) is 18.5 Å². The summed E-state index contributed by atoms with van der Waals surface area (Å²) in [7, 11) is 0. The second kappa shape index (κ2) is 11.7. The van der Waals surface area contributed by atoms with Crippen LogP contribution in [0.15, 0.2) is 127 Å². The van der Waals surface area contributed by atoms with E-state index < -0.39 is 18.1 Å². The van der Waals surface area contributed by atoms with E-state index in [1.807, 2.05) is 66.9 Å². The van der Waals surface area contributed by atoms with Crippen molar-refractivity contribution < 1.29 is 37.2 Å². The van der Waals surface area contributed by atoms with Gasteiger partial charge < -0.3 is 13.9 Å². The zero-order valence-electron chi connectivity index (χ0n) is 30.3. The minimum atomic E-state index is -0.448. The number of nitrogens with zero attached hydrogens (tertiary/aromatic N) is 4. The van der Waals surface area contributed by atoms with Gasteiger partial charge in [-0.15, -0.1) is 29.7 Å². The number of hydrogen-bond acceptors (Lipinski definition) is 2. The Morgan fingerprint density at radius 3 is 2.37 bits per heavy atom. The molecule has 0 bridgehead atoms. The number of fused-ring (bicyclic) bond motifs is 4. The van der Waals surface area contributed by atoms with Crippen LogP contribution in [0.5, 0.6) is 11.5 Å². The van der Waals surface area contributed by atoms with Crippen molar-refractivity contribution in [2.75, 3.05) is 0 Å². The summed E-state index contributed by atoms with van der Waals surface area (Å²) in [4.78, 5) is 4.76. The Kier molecular flexibility index (Phi) is 6.19. The predicted octanol–water partition coefficient (Wildman–Crippen LogP) is 8.89. The fourth-order valence-electron chi connectivity index (χ4n) is 5.68. The molecule has 0 amide bonds. The average Bonchev–Trinajstić information content (AvgIpc) is 3.66. The third-order valence-corrected chi connectivity index (χ3v) is 7.89. The van der Waals surface area contributed by atoms with E-state index >= 15 is 0 Å². The molecule has 0 saturated heterocycles. The predicted molar refractivity (Wildman–Crippen MR) is 179 cm³/mol. The monoisotopic (exact) mass is 782 g/mol. The van der Waals surface area contributed by atoms with Crippen LogP contribution in [0.3, 0.4) is 0 Å². The number of ether oxygens (including phenoxy) is 1. The maximum absolute atomic E-state index is 8.56. The average molecular weight is 783 g/mol. The van der Waals surface area contributed by atoms with Gasteiger partial charge in [0, 0.05) is 44.3 Å². The summed E-state index contributed by atoms with van der Waals surface area (Å²) in [5.41, 5.74) is 4.90. The van der Waals surface area contributed by atoms with Crippen LogP contribution in [-0.4, -0.2) is 14.1 Å². The van der Waals surface area contributed by atoms with Gasteiger partial charge in [0.25, 0.3) is 6.33 Å². The zero-order chi connectivity index (χ0) is 34.9. The van der Waals surface area contributed by atoms with Crippen LogP contribution in [-0.2, 0) is 26.5 Å². The molecule has 0 N–H and O–H groups in total. The molecule has 0 aliphatic rings. The number of pyridine rings is 1. The van der Waals surface area contributed by atoms with Crippen molar-refractivity contribution in [1.29, 1.82) is 0 Å². The van der Waals surface area contributed by atoms with Gasteiger partial charge in [0.1, 0.15) is 5.82 Å². The number of aromatic nitrogens is 4. The Morgan fingerprint density at radius 2 is 1.54 bits per heavy atom. The molecule has 3 heterocycles. The first-order chi connectivity index (χ1) is 24.0. The Labute approximate surface area is 289 Å². The van der Waals surface area contributed by atoms with Gasteiger partial charge in [-0.1, -0.05) is 86.9 Å². The Hall–Kier alpha value is -4.99. The summed E-state index contributed by atoms with van der Waals surface area (Å²) >= 11 is 0. The SMILES string of the molecule is [2H]c1c([2H])c([2H])c(-[n+]2[c-]n(-c3[c-]c(Oc4[c-]c5c(cc4)c4ccccc4n5-c4cc(C(C)(C)C)ccn4)ccc3)c3ccccc32)c([2H])c1[2H].[Pt]. The number of imidazole rings is 1. The van der Waals surface area contributed by atoms with Crippen LogP contribution >= 0.6 is 0 Å². The van der Waals surface area contributed by atoms with E-state index in [0.717, 1.165) is 27.6 Å². The quantitative estimate of drug-likeness (QED) is 0.129. The normalized spacial score (nSPS) is 13.2. The van der Waals surface area contributed by atoms with Crippen LogP contribution in [0.1, 0.15) is 33.2 Å². The van der Waals surface area contributed by atoms with Gasteiger partial charge in [0.2, 0.25) is 0 Å². The first-order valence-corrected chi connectivity index (χ1v) is 14.7. The fourth-order valence-corrected chi connectivity index (χ4v) is 5.68. The molecule has 228 valence electrons. The molecule has 0 saturated carbocycles. The molecule has 0 radical (unpaired) electrons. The topological polar surface area (TPSA) is 35.9 Å². The van der Waals surface area contributed by atoms with Crippen molar-refractivity contribution >= 4 is 32.8 Å². The molecule has 0 fully saturated rings. The minimum Gasteiger partial charge on any atom is -0.510 e. The van der Waals surface area contributed by atoms with Gasteiger partial charge in [-0.05, 0) is 52.3 Å². The molecular weight excluding hydrogens is 748 g/mol. The largest absolute Gasteiger partial charge is 0.510 e. The number of para-hydroxylation sites is 4. The second-order valence-electron chi connectivity index (χ2n) is 11.8. The molecule has 5 aromatic carbocycles. The van der Waals surface area contributed by atoms with E-state index in [4.69, 9.17) is 16.6 Å². The first kappa shape index (κ1) is 24.3. The molecular formula is C40H30N4OPt-2. The summed E-state index contributed by atoms with van der Waals surface area (Å²) in [5, 5.41) is 2.11. The molecule has 6 heteroatoms. The van der Waals surface area contributed by atoms with Crippen molar-refractivity contribution in [3.63, 3.8) is 0 Å².